The van der Waals surface area contributed by atoms with Gasteiger partial charge in [0.2, 0.25) is 6.33 Å². The Hall–Kier alpha value is -0.323. The second-order valence-corrected chi connectivity index (χ2v) is 3.14. The van der Waals surface area contributed by atoms with Gasteiger partial charge in [0.15, 0.2) is 0 Å². The van der Waals surface area contributed by atoms with Crippen molar-refractivity contribution in [2.45, 2.75) is 6.92 Å². The highest BCUT2D eigenvalue weighted by atomic mass is 35.5. The predicted molar refractivity (Wildman–Crippen MR) is 36.6 cm³/mol. The summed E-state index contributed by atoms with van der Waals surface area (Å²) in [6.07, 6.45) is 5.80. The van der Waals surface area contributed by atoms with Crippen LogP contribution in [0.15, 0.2) is 18.7 Å². The van der Waals surface area contributed by atoms with Crippen LogP contribution < -0.4 is 16.6 Å². The second kappa shape index (κ2) is 5.46. The zero-order chi connectivity index (χ0) is 6.53. The van der Waals surface area contributed by atoms with Crippen LogP contribution >= 0.6 is 0 Å². The molecular weight excluding hydrogens is 168 g/mol. The van der Waals surface area contributed by atoms with E-state index >= 15 is 0 Å². The Labute approximate surface area is 68.8 Å². The minimum absolute atomic E-state index is 0. The summed E-state index contributed by atoms with van der Waals surface area (Å²) in [5.74, 6) is 0. The van der Waals surface area contributed by atoms with Gasteiger partial charge in [-0.15, -0.1) is 0 Å². The Morgan fingerprint density at radius 3 is 3.00 bits per heavy atom. The van der Waals surface area contributed by atoms with E-state index in [-0.39, 0.29) is 12.4 Å². The van der Waals surface area contributed by atoms with Crippen molar-refractivity contribution >= 4 is 9.92 Å². The first kappa shape index (κ1) is 9.68. The van der Waals surface area contributed by atoms with Gasteiger partial charge in [-0.1, -0.05) is 0 Å². The van der Waals surface area contributed by atoms with E-state index in [1.165, 1.54) is 0 Å². The number of hydrogen-bond donors (Lipinski definition) is 1. The molecule has 0 unspecified atom stereocenters. The lowest BCUT2D eigenvalue weighted by Gasteiger charge is -1.92. The molecule has 0 spiro atoms. The Morgan fingerprint density at radius 2 is 2.50 bits per heavy atom. The maximum atomic E-state index is 5.26. The summed E-state index contributed by atoms with van der Waals surface area (Å²) in [4.78, 5) is 2.96. The number of nitrogens with zero attached hydrogens (tertiary/aromatic N) is 1. The van der Waals surface area contributed by atoms with Gasteiger partial charge < -0.3 is 16.8 Å². The SMILES string of the molecule is CCO[SiH2][n+]1cc[nH]c1.[Cl-]. The second-order valence-electron chi connectivity index (χ2n) is 1.75. The van der Waals surface area contributed by atoms with Gasteiger partial charge in [-0.25, -0.2) is 0 Å². The third-order valence-corrected chi connectivity index (χ3v) is 2.33. The minimum Gasteiger partial charge on any atom is -1.00 e. The molecule has 1 aromatic heterocycles. The number of halogens is 1. The maximum Gasteiger partial charge on any atom is 0.381 e. The number of nitrogens with one attached hydrogen (secondary N) is 1. The van der Waals surface area contributed by atoms with E-state index in [0.717, 1.165) is 6.61 Å². The van der Waals surface area contributed by atoms with E-state index in [2.05, 4.69) is 9.22 Å². The van der Waals surface area contributed by atoms with Crippen molar-refractivity contribution in [1.82, 2.24) is 4.98 Å². The highest BCUT2D eigenvalue weighted by molar-refractivity contribution is 6.14. The molecule has 0 bridgehead atoms. The smallest absolute Gasteiger partial charge is 0.381 e. The monoisotopic (exact) mass is 178 g/mol. The van der Waals surface area contributed by atoms with Crippen molar-refractivity contribution < 1.29 is 21.1 Å². The average molecular weight is 179 g/mol. The lowest BCUT2D eigenvalue weighted by atomic mass is 10.9. The molecule has 3 nitrogen and oxygen atoms in total. The fraction of sp³-hybridized carbons (Fsp3) is 0.400. The summed E-state index contributed by atoms with van der Waals surface area (Å²) < 4.78 is 7.33. The van der Waals surface area contributed by atoms with Crippen LogP contribution in [-0.2, 0) is 4.43 Å². The molecule has 0 radical (unpaired) electrons. The largest absolute Gasteiger partial charge is 1.00 e. The molecule has 0 aliphatic rings. The van der Waals surface area contributed by atoms with Gasteiger partial charge in [-0.05, 0) is 6.92 Å². The number of H-pyrrole nitrogens is 1. The fourth-order valence-corrected chi connectivity index (χ4v) is 1.36. The van der Waals surface area contributed by atoms with Crippen molar-refractivity contribution in [2.24, 2.45) is 0 Å². The van der Waals surface area contributed by atoms with Gasteiger partial charge in [0.1, 0.15) is 12.4 Å². The lowest BCUT2D eigenvalue weighted by Crippen LogP contribution is -3.00. The first-order valence-corrected chi connectivity index (χ1v) is 4.24. The highest BCUT2D eigenvalue weighted by Gasteiger charge is 1.94. The van der Waals surface area contributed by atoms with Crippen molar-refractivity contribution in [3.05, 3.63) is 18.7 Å². The molecule has 5 heteroatoms. The van der Waals surface area contributed by atoms with Crippen LogP contribution in [0.25, 0.3) is 0 Å². The van der Waals surface area contributed by atoms with Gasteiger partial charge in [-0.2, -0.15) is 0 Å². The molecule has 0 aliphatic carbocycles. The highest BCUT2D eigenvalue weighted by Crippen LogP contribution is 1.67. The Balaban J connectivity index is 0.000000810. The number of hydrogen-bond acceptors (Lipinski definition) is 1. The minimum atomic E-state index is -0.484. The summed E-state index contributed by atoms with van der Waals surface area (Å²) in [5, 5.41) is 0. The summed E-state index contributed by atoms with van der Waals surface area (Å²) >= 11 is 0. The molecule has 58 valence electrons. The molecule has 1 N–H and O–H groups in total. The number of aromatic nitrogens is 2. The van der Waals surface area contributed by atoms with Gasteiger partial charge in [0.25, 0.3) is 0 Å². The lowest BCUT2D eigenvalue weighted by molar-refractivity contribution is -0.539. The molecule has 1 heterocycles. The van der Waals surface area contributed by atoms with Gasteiger partial charge in [0, 0.05) is 6.61 Å². The molecule has 1 aromatic rings. The van der Waals surface area contributed by atoms with Crippen LogP contribution in [0, 0.1) is 0 Å². The summed E-state index contributed by atoms with van der Waals surface area (Å²) in [5.41, 5.74) is 0. The number of imidazole rings is 1. The third-order valence-electron chi connectivity index (χ3n) is 1.05. The summed E-state index contributed by atoms with van der Waals surface area (Å²) in [6, 6.07) is 0. The van der Waals surface area contributed by atoms with E-state index < -0.39 is 9.92 Å². The van der Waals surface area contributed by atoms with E-state index in [1.807, 2.05) is 25.6 Å². The van der Waals surface area contributed by atoms with Gasteiger partial charge in [0.05, 0.1) is 0 Å². The molecular formula is C5H11ClN2OSi. The quantitative estimate of drug-likeness (QED) is 0.473. The van der Waals surface area contributed by atoms with Crippen LogP contribution in [0.2, 0.25) is 0 Å². The molecule has 1 rings (SSSR count). The van der Waals surface area contributed by atoms with Crippen LogP contribution in [0.5, 0.6) is 0 Å². The van der Waals surface area contributed by atoms with Crippen LogP contribution in [0.4, 0.5) is 0 Å². The standard InChI is InChI=1S/C5H10N2OSi.ClH/c1-2-8-9-7-4-3-6-5-7;/h3-5H,2,9H2,1H3;1H. The molecule has 0 aromatic carbocycles. The molecule has 0 fully saturated rings. The molecule has 0 saturated heterocycles. The molecule has 0 atom stereocenters. The average Bonchev–Trinajstić information content (AvgIpc) is 2.34. The van der Waals surface area contributed by atoms with Gasteiger partial charge in [-0.3, -0.25) is 9.22 Å². The van der Waals surface area contributed by atoms with E-state index in [1.54, 1.807) is 0 Å². The Kier molecular flexibility index (Phi) is 5.28. The molecule has 10 heavy (non-hydrogen) atoms. The van der Waals surface area contributed by atoms with Crippen molar-refractivity contribution in [3.63, 3.8) is 0 Å². The first-order valence-electron chi connectivity index (χ1n) is 3.03. The van der Waals surface area contributed by atoms with Crippen molar-refractivity contribution in [3.8, 4) is 0 Å². The summed E-state index contributed by atoms with van der Waals surface area (Å²) in [6.45, 7) is 2.84. The van der Waals surface area contributed by atoms with Crippen LogP contribution in [-0.4, -0.2) is 21.5 Å². The van der Waals surface area contributed by atoms with Crippen molar-refractivity contribution in [1.29, 1.82) is 0 Å². The van der Waals surface area contributed by atoms with Gasteiger partial charge >= 0.3 is 9.92 Å². The Morgan fingerprint density at radius 1 is 1.70 bits per heavy atom. The first-order chi connectivity index (χ1) is 4.43. The third kappa shape index (κ3) is 3.00. The molecule has 0 aliphatic heterocycles. The Bertz CT molecular complexity index is 157. The van der Waals surface area contributed by atoms with Crippen LogP contribution in [0.3, 0.4) is 0 Å². The maximum absolute atomic E-state index is 5.26. The number of aromatic amines is 1. The topological polar surface area (TPSA) is 28.9 Å². The summed E-state index contributed by atoms with van der Waals surface area (Å²) in [7, 11) is -0.484. The van der Waals surface area contributed by atoms with E-state index in [4.69, 9.17) is 4.43 Å². The van der Waals surface area contributed by atoms with Crippen LogP contribution in [0.1, 0.15) is 6.92 Å². The normalized spacial score (nSPS) is 10.1. The van der Waals surface area contributed by atoms with Crippen molar-refractivity contribution in [2.75, 3.05) is 6.61 Å². The van der Waals surface area contributed by atoms with E-state index in [0.29, 0.717) is 0 Å². The van der Waals surface area contributed by atoms with E-state index in [9.17, 15) is 0 Å². The zero-order valence-electron chi connectivity index (χ0n) is 5.88. The fourth-order valence-electron chi connectivity index (χ4n) is 0.598. The number of rotatable bonds is 3. The molecule has 0 saturated carbocycles. The zero-order valence-corrected chi connectivity index (χ0v) is 8.05. The predicted octanol–water partition coefficient (Wildman–Crippen LogP) is -3.81. The molecule has 0 amide bonds.